The van der Waals surface area contributed by atoms with Gasteiger partial charge in [-0.25, -0.2) is 4.98 Å². The SMILES string of the molecule is CC1(Cl)C=CC(n2c(CCCCC(=O)O)nc3cc(C4=NOC(c5ccccn5)C4)ccc3c2=O)=CC1. The number of carbonyl (C=O) groups is 1. The highest BCUT2D eigenvalue weighted by Gasteiger charge is 2.26. The molecule has 0 saturated carbocycles. The summed E-state index contributed by atoms with van der Waals surface area (Å²) in [7, 11) is 0. The number of aliphatic carboxylic acids is 1. The summed E-state index contributed by atoms with van der Waals surface area (Å²) >= 11 is 6.45. The number of halogens is 1. The molecule has 0 spiro atoms. The molecule has 8 nitrogen and oxygen atoms in total. The molecule has 1 aliphatic carbocycles. The van der Waals surface area contributed by atoms with E-state index in [0.29, 0.717) is 48.8 Å². The van der Waals surface area contributed by atoms with Crippen LogP contribution >= 0.6 is 11.6 Å². The Hall–Kier alpha value is -3.78. The van der Waals surface area contributed by atoms with Gasteiger partial charge in [0.25, 0.3) is 5.56 Å². The lowest BCUT2D eigenvalue weighted by Crippen LogP contribution is -2.26. The van der Waals surface area contributed by atoms with Crippen molar-refractivity contribution in [2.24, 2.45) is 5.16 Å². The lowest BCUT2D eigenvalue weighted by atomic mass is 10.00. The van der Waals surface area contributed by atoms with Crippen LogP contribution in [0.25, 0.3) is 16.6 Å². The summed E-state index contributed by atoms with van der Waals surface area (Å²) in [6, 6.07) is 11.2. The number of nitrogens with zero attached hydrogens (tertiary/aromatic N) is 4. The number of unbranched alkanes of at least 4 members (excludes halogenated alkanes) is 1. The number of carboxylic acids is 1. The van der Waals surface area contributed by atoms with Crippen LogP contribution in [0.4, 0.5) is 0 Å². The van der Waals surface area contributed by atoms with Crippen LogP contribution in [0.15, 0.2) is 70.8 Å². The summed E-state index contributed by atoms with van der Waals surface area (Å²) in [5, 5.41) is 13.8. The molecular formula is C28H27ClN4O4. The standard InChI is InChI=1S/C28H27ClN4O4/c1-28(29)13-11-19(12-14-28)33-25(7-2-3-8-26(34)35)31-23-16-18(9-10-20(23)27(33)36)22-17-24(37-32-22)21-6-4-5-15-30-21/h4-6,9-13,15-16,24H,2-3,7-8,14,17H2,1H3,(H,34,35). The van der Waals surface area contributed by atoms with Gasteiger partial charge in [-0.05, 0) is 56.5 Å². The summed E-state index contributed by atoms with van der Waals surface area (Å²) in [5.74, 6) is -0.249. The Morgan fingerprint density at radius 1 is 1.27 bits per heavy atom. The van der Waals surface area contributed by atoms with Crippen molar-refractivity contribution >= 4 is 39.9 Å². The quantitative estimate of drug-likeness (QED) is 0.322. The molecule has 2 unspecified atom stereocenters. The first kappa shape index (κ1) is 24.9. The molecule has 1 aromatic carbocycles. The Kier molecular flexibility index (Phi) is 6.93. The number of fused-ring (bicyclic) bond motifs is 1. The van der Waals surface area contributed by atoms with Crippen LogP contribution in [-0.4, -0.2) is 36.2 Å². The normalized spacial score (nSPS) is 21.0. The van der Waals surface area contributed by atoms with Gasteiger partial charge in [0.15, 0.2) is 6.10 Å². The minimum atomic E-state index is -0.837. The highest BCUT2D eigenvalue weighted by Crippen LogP contribution is 2.30. The first-order valence-corrected chi connectivity index (χ1v) is 12.7. The summed E-state index contributed by atoms with van der Waals surface area (Å²) in [6.45, 7) is 1.92. The van der Waals surface area contributed by atoms with Gasteiger partial charge in [-0.3, -0.25) is 19.1 Å². The van der Waals surface area contributed by atoms with E-state index in [2.05, 4.69) is 10.1 Å². The molecule has 0 saturated heterocycles. The number of rotatable bonds is 8. The number of pyridine rings is 1. The zero-order valence-electron chi connectivity index (χ0n) is 20.4. The van der Waals surface area contributed by atoms with Crippen LogP contribution in [0.2, 0.25) is 0 Å². The van der Waals surface area contributed by atoms with E-state index >= 15 is 0 Å². The smallest absolute Gasteiger partial charge is 0.303 e. The molecule has 3 heterocycles. The van der Waals surface area contributed by atoms with Crippen LogP contribution in [0.1, 0.15) is 62.2 Å². The van der Waals surface area contributed by atoms with E-state index in [1.807, 2.05) is 55.5 Å². The maximum absolute atomic E-state index is 13.7. The maximum atomic E-state index is 13.7. The average Bonchev–Trinajstić information content (AvgIpc) is 3.38. The van der Waals surface area contributed by atoms with Crippen molar-refractivity contribution in [2.45, 2.75) is 56.4 Å². The summed E-state index contributed by atoms with van der Waals surface area (Å²) in [4.78, 5) is 39.0. The number of oxime groups is 1. The van der Waals surface area contributed by atoms with Crippen molar-refractivity contribution in [1.29, 1.82) is 0 Å². The fourth-order valence-corrected chi connectivity index (χ4v) is 4.68. The van der Waals surface area contributed by atoms with Gasteiger partial charge in [0.05, 0.1) is 27.2 Å². The Bertz CT molecular complexity index is 1490. The highest BCUT2D eigenvalue weighted by atomic mass is 35.5. The molecule has 3 aromatic rings. The zero-order valence-corrected chi connectivity index (χ0v) is 21.2. The second-order valence-corrected chi connectivity index (χ2v) is 10.4. The van der Waals surface area contributed by atoms with Crippen molar-refractivity contribution in [1.82, 2.24) is 14.5 Å². The molecule has 190 valence electrons. The molecule has 2 aliphatic rings. The second-order valence-electron chi connectivity index (χ2n) is 9.54. The number of aryl methyl sites for hydroxylation is 1. The number of hydrogen-bond donors (Lipinski definition) is 1. The molecule has 9 heteroatoms. The third kappa shape index (κ3) is 5.49. The first-order valence-electron chi connectivity index (χ1n) is 12.3. The number of aromatic nitrogens is 3. The molecule has 1 N–H and O–H groups in total. The Morgan fingerprint density at radius 2 is 2.14 bits per heavy atom. The third-order valence-corrected chi connectivity index (χ3v) is 6.85. The minimum Gasteiger partial charge on any atom is -0.481 e. The van der Waals surface area contributed by atoms with Gasteiger partial charge in [-0.15, -0.1) is 11.6 Å². The fourth-order valence-electron chi connectivity index (χ4n) is 4.54. The van der Waals surface area contributed by atoms with Gasteiger partial charge < -0.3 is 9.94 Å². The van der Waals surface area contributed by atoms with Crippen molar-refractivity contribution in [3.63, 3.8) is 0 Å². The van der Waals surface area contributed by atoms with Gasteiger partial charge in [0.2, 0.25) is 0 Å². The molecule has 0 fully saturated rings. The van der Waals surface area contributed by atoms with Crippen LogP contribution < -0.4 is 5.56 Å². The van der Waals surface area contributed by atoms with E-state index in [4.69, 9.17) is 26.5 Å². The van der Waals surface area contributed by atoms with E-state index in [1.165, 1.54) is 0 Å². The van der Waals surface area contributed by atoms with E-state index < -0.39 is 10.8 Å². The van der Waals surface area contributed by atoms with E-state index in [9.17, 15) is 9.59 Å². The Labute approximate surface area is 219 Å². The molecule has 1 aliphatic heterocycles. The molecular weight excluding hydrogens is 492 g/mol. The molecule has 2 atom stereocenters. The van der Waals surface area contributed by atoms with Gasteiger partial charge in [0, 0.05) is 36.7 Å². The summed E-state index contributed by atoms with van der Waals surface area (Å²) in [5.41, 5.74) is 3.54. The lowest BCUT2D eigenvalue weighted by Gasteiger charge is -2.22. The Balaban J connectivity index is 1.49. The minimum absolute atomic E-state index is 0.0758. The molecule has 2 aromatic heterocycles. The lowest BCUT2D eigenvalue weighted by molar-refractivity contribution is -0.137. The first-order chi connectivity index (χ1) is 17.8. The van der Waals surface area contributed by atoms with Gasteiger partial charge in [-0.2, -0.15) is 0 Å². The average molecular weight is 519 g/mol. The van der Waals surface area contributed by atoms with Gasteiger partial charge in [-0.1, -0.05) is 29.4 Å². The second kappa shape index (κ2) is 10.3. The van der Waals surface area contributed by atoms with Crippen LogP contribution in [-0.2, 0) is 16.1 Å². The van der Waals surface area contributed by atoms with Gasteiger partial charge in [0.1, 0.15) is 5.82 Å². The number of benzene rings is 1. The number of alkyl halides is 1. The predicted octanol–water partition coefficient (Wildman–Crippen LogP) is 5.25. The molecule has 0 radical (unpaired) electrons. The largest absolute Gasteiger partial charge is 0.481 e. The summed E-state index contributed by atoms with van der Waals surface area (Å²) in [6.07, 6.45) is 9.94. The predicted molar refractivity (Wildman–Crippen MR) is 143 cm³/mol. The van der Waals surface area contributed by atoms with Crippen molar-refractivity contribution in [3.8, 4) is 0 Å². The van der Waals surface area contributed by atoms with E-state index in [1.54, 1.807) is 16.8 Å². The number of allylic oxidation sites excluding steroid dienone is 4. The van der Waals surface area contributed by atoms with Gasteiger partial charge >= 0.3 is 5.97 Å². The van der Waals surface area contributed by atoms with Crippen LogP contribution in [0.5, 0.6) is 0 Å². The fraction of sp³-hybridized carbons (Fsp3) is 0.321. The highest BCUT2D eigenvalue weighted by molar-refractivity contribution is 6.25. The zero-order chi connectivity index (χ0) is 26.0. The van der Waals surface area contributed by atoms with E-state index in [0.717, 1.165) is 22.7 Å². The maximum Gasteiger partial charge on any atom is 0.303 e. The molecule has 5 rings (SSSR count). The molecule has 0 bridgehead atoms. The topological polar surface area (TPSA) is 107 Å². The van der Waals surface area contributed by atoms with Crippen molar-refractivity contribution in [3.05, 3.63) is 88.3 Å². The molecule has 0 amide bonds. The van der Waals surface area contributed by atoms with Crippen molar-refractivity contribution in [2.75, 3.05) is 0 Å². The number of hydrogen-bond acceptors (Lipinski definition) is 6. The molecule has 37 heavy (non-hydrogen) atoms. The van der Waals surface area contributed by atoms with E-state index in [-0.39, 0.29) is 18.1 Å². The van der Waals surface area contributed by atoms with Crippen LogP contribution in [0.3, 0.4) is 0 Å². The summed E-state index contributed by atoms with van der Waals surface area (Å²) < 4.78 is 1.62. The monoisotopic (exact) mass is 518 g/mol. The van der Waals surface area contributed by atoms with Crippen molar-refractivity contribution < 1.29 is 14.7 Å². The third-order valence-electron chi connectivity index (χ3n) is 6.57. The Morgan fingerprint density at radius 3 is 2.86 bits per heavy atom. The van der Waals surface area contributed by atoms with Crippen LogP contribution in [0, 0.1) is 0 Å². The number of carboxylic acid groups (broad SMARTS) is 1.